The second-order valence-corrected chi connectivity index (χ2v) is 5.85. The van der Waals surface area contributed by atoms with Gasteiger partial charge in [0, 0.05) is 5.41 Å². The highest BCUT2D eigenvalue weighted by Gasteiger charge is 2.51. The molecule has 1 saturated heterocycles. The molecule has 1 aliphatic heterocycles. The molecule has 0 radical (unpaired) electrons. The topological polar surface area (TPSA) is 44.5 Å². The van der Waals surface area contributed by atoms with Gasteiger partial charge in [0.15, 0.2) is 11.6 Å². The van der Waals surface area contributed by atoms with Crippen molar-refractivity contribution in [1.29, 1.82) is 0 Å². The maximum absolute atomic E-state index is 13.9. The van der Waals surface area contributed by atoms with Gasteiger partial charge < -0.3 is 15.2 Å². The van der Waals surface area contributed by atoms with Gasteiger partial charge in [-0.15, -0.1) is 0 Å². The van der Waals surface area contributed by atoms with Gasteiger partial charge in [0.2, 0.25) is 0 Å². The van der Waals surface area contributed by atoms with Crippen LogP contribution in [-0.4, -0.2) is 26.9 Å². The Morgan fingerprint density at radius 2 is 2.11 bits per heavy atom. The highest BCUT2D eigenvalue weighted by Crippen LogP contribution is 2.49. The third-order valence-corrected chi connectivity index (χ3v) is 4.47. The highest BCUT2D eigenvalue weighted by molar-refractivity contribution is 5.37. The summed E-state index contributed by atoms with van der Waals surface area (Å²) in [7, 11) is 1.47. The van der Waals surface area contributed by atoms with E-state index in [0.29, 0.717) is 19.8 Å². The third kappa shape index (κ3) is 2.23. The van der Waals surface area contributed by atoms with E-state index < -0.39 is 0 Å². The van der Waals surface area contributed by atoms with Crippen molar-refractivity contribution in [1.82, 2.24) is 0 Å². The van der Waals surface area contributed by atoms with Crippen LogP contribution in [0.1, 0.15) is 25.8 Å². The summed E-state index contributed by atoms with van der Waals surface area (Å²) in [4.78, 5) is 0. The number of halogens is 1. The average Bonchev–Trinajstić information content (AvgIpc) is 2.27. The van der Waals surface area contributed by atoms with E-state index in [9.17, 15) is 4.39 Å². The molecule has 0 unspecified atom stereocenters. The molecular weight excluding hydrogens is 245 g/mol. The van der Waals surface area contributed by atoms with Crippen molar-refractivity contribution in [3.63, 3.8) is 0 Å². The van der Waals surface area contributed by atoms with Gasteiger partial charge in [-0.05, 0) is 36.1 Å². The first kappa shape index (κ1) is 14.3. The lowest BCUT2D eigenvalue weighted by Crippen LogP contribution is -2.57. The van der Waals surface area contributed by atoms with Crippen molar-refractivity contribution in [2.24, 2.45) is 11.1 Å². The first-order chi connectivity index (χ1) is 8.97. The Hall–Kier alpha value is -1.13. The van der Waals surface area contributed by atoms with Crippen LogP contribution in [0.4, 0.5) is 4.39 Å². The zero-order valence-electron chi connectivity index (χ0n) is 11.8. The van der Waals surface area contributed by atoms with Gasteiger partial charge in [-0.1, -0.05) is 19.9 Å². The summed E-state index contributed by atoms with van der Waals surface area (Å²) in [6.45, 7) is 6.19. The fourth-order valence-electron chi connectivity index (χ4n) is 2.82. The van der Waals surface area contributed by atoms with Crippen LogP contribution >= 0.6 is 0 Å². The summed E-state index contributed by atoms with van der Waals surface area (Å²) < 4.78 is 24.3. The molecule has 1 aromatic rings. The van der Waals surface area contributed by atoms with E-state index in [4.69, 9.17) is 15.2 Å². The van der Waals surface area contributed by atoms with Gasteiger partial charge in [-0.2, -0.15) is 0 Å². The second kappa shape index (κ2) is 5.10. The van der Waals surface area contributed by atoms with Crippen molar-refractivity contribution in [2.75, 3.05) is 26.9 Å². The Bertz CT molecular complexity index is 455. The average molecular weight is 267 g/mol. The van der Waals surface area contributed by atoms with E-state index in [1.165, 1.54) is 7.11 Å². The fraction of sp³-hybridized carbons (Fsp3) is 0.600. The molecule has 0 bridgehead atoms. The number of methoxy groups -OCH3 is 1. The Labute approximate surface area is 113 Å². The molecule has 1 aliphatic rings. The summed E-state index contributed by atoms with van der Waals surface area (Å²) in [5.74, 6) is -0.0504. The van der Waals surface area contributed by atoms with Crippen LogP contribution in [0.2, 0.25) is 0 Å². The fourth-order valence-corrected chi connectivity index (χ4v) is 2.82. The van der Waals surface area contributed by atoms with Gasteiger partial charge in [0.05, 0.1) is 20.3 Å². The van der Waals surface area contributed by atoms with E-state index in [-0.39, 0.29) is 22.4 Å². The molecule has 1 aromatic carbocycles. The molecule has 0 amide bonds. The van der Waals surface area contributed by atoms with Crippen molar-refractivity contribution in [3.8, 4) is 5.75 Å². The molecule has 0 aromatic heterocycles. The molecule has 0 saturated carbocycles. The lowest BCUT2D eigenvalue weighted by molar-refractivity contribution is -0.121. The lowest BCUT2D eigenvalue weighted by atomic mass is 9.59. The quantitative estimate of drug-likeness (QED) is 0.891. The molecule has 0 spiro atoms. The van der Waals surface area contributed by atoms with Crippen LogP contribution in [0, 0.1) is 11.2 Å². The van der Waals surface area contributed by atoms with Crippen molar-refractivity contribution < 1.29 is 13.9 Å². The third-order valence-electron chi connectivity index (χ3n) is 4.47. The number of hydrogen-bond acceptors (Lipinski definition) is 3. The van der Waals surface area contributed by atoms with Crippen LogP contribution < -0.4 is 10.5 Å². The Balaban J connectivity index is 2.39. The molecule has 0 atom stereocenters. The van der Waals surface area contributed by atoms with Crippen LogP contribution in [0.15, 0.2) is 18.2 Å². The minimum Gasteiger partial charge on any atom is -0.494 e. The van der Waals surface area contributed by atoms with Gasteiger partial charge in [0.1, 0.15) is 0 Å². The monoisotopic (exact) mass is 267 g/mol. The number of nitrogens with two attached hydrogens (primary N) is 1. The summed E-state index contributed by atoms with van der Waals surface area (Å²) in [5.41, 5.74) is 6.50. The normalized spacial score (nSPS) is 17.9. The van der Waals surface area contributed by atoms with E-state index in [0.717, 1.165) is 12.0 Å². The van der Waals surface area contributed by atoms with Crippen LogP contribution in [0.25, 0.3) is 0 Å². The van der Waals surface area contributed by atoms with Crippen molar-refractivity contribution in [3.05, 3.63) is 29.6 Å². The smallest absolute Gasteiger partial charge is 0.165 e. The predicted molar refractivity (Wildman–Crippen MR) is 72.9 cm³/mol. The number of ether oxygens (including phenoxy) is 2. The number of benzene rings is 1. The Morgan fingerprint density at radius 3 is 2.53 bits per heavy atom. The molecule has 19 heavy (non-hydrogen) atoms. The minimum absolute atomic E-state index is 0.0268. The molecule has 1 fully saturated rings. The second-order valence-electron chi connectivity index (χ2n) is 5.85. The molecular formula is C15H22FNO2. The van der Waals surface area contributed by atoms with E-state index in [1.54, 1.807) is 12.1 Å². The van der Waals surface area contributed by atoms with E-state index in [1.807, 2.05) is 6.07 Å². The summed E-state index contributed by atoms with van der Waals surface area (Å²) in [5, 5.41) is 0. The van der Waals surface area contributed by atoms with Gasteiger partial charge >= 0.3 is 0 Å². The molecule has 3 nitrogen and oxygen atoms in total. The zero-order chi connectivity index (χ0) is 14.1. The molecule has 1 heterocycles. The molecule has 2 N–H and O–H groups in total. The van der Waals surface area contributed by atoms with Crippen molar-refractivity contribution >= 4 is 0 Å². The molecule has 4 heteroatoms. The molecule has 106 valence electrons. The molecule has 0 aliphatic carbocycles. The zero-order valence-corrected chi connectivity index (χ0v) is 11.8. The molecule has 2 rings (SSSR count). The van der Waals surface area contributed by atoms with E-state index in [2.05, 4.69) is 13.8 Å². The lowest BCUT2D eigenvalue weighted by Gasteiger charge is -2.53. The Kier molecular flexibility index (Phi) is 3.83. The van der Waals surface area contributed by atoms with Gasteiger partial charge in [0.25, 0.3) is 0 Å². The van der Waals surface area contributed by atoms with E-state index >= 15 is 0 Å². The van der Waals surface area contributed by atoms with Gasteiger partial charge in [-0.3, -0.25) is 0 Å². The van der Waals surface area contributed by atoms with Crippen LogP contribution in [0.3, 0.4) is 0 Å². The van der Waals surface area contributed by atoms with Crippen molar-refractivity contribution in [2.45, 2.75) is 25.7 Å². The summed E-state index contributed by atoms with van der Waals surface area (Å²) >= 11 is 0. The summed E-state index contributed by atoms with van der Waals surface area (Å²) in [6.07, 6.45) is 0.879. The van der Waals surface area contributed by atoms with Crippen LogP contribution in [0.5, 0.6) is 5.75 Å². The van der Waals surface area contributed by atoms with Gasteiger partial charge in [-0.25, -0.2) is 4.39 Å². The number of hydrogen-bond donors (Lipinski definition) is 1. The van der Waals surface area contributed by atoms with Crippen LogP contribution in [-0.2, 0) is 10.2 Å². The SMILES string of the molecule is COc1ccc(C2(C(C)(C)CCN)COC2)cc1F. The first-order valence-electron chi connectivity index (χ1n) is 6.59. The number of rotatable bonds is 5. The first-order valence-corrected chi connectivity index (χ1v) is 6.59. The largest absolute Gasteiger partial charge is 0.494 e. The summed E-state index contributed by atoms with van der Waals surface area (Å²) in [6, 6.07) is 5.19. The standard InChI is InChI=1S/C15H22FNO2/c1-14(2,6-7-17)15(9-19-10-15)11-4-5-13(18-3)12(16)8-11/h4-5,8H,6-7,9-10,17H2,1-3H3. The Morgan fingerprint density at radius 1 is 1.42 bits per heavy atom. The highest BCUT2D eigenvalue weighted by atomic mass is 19.1. The predicted octanol–water partition coefficient (Wildman–Crippen LogP) is 2.48. The maximum atomic E-state index is 13.9. The minimum atomic E-state index is -0.324. The maximum Gasteiger partial charge on any atom is 0.165 e.